The van der Waals surface area contributed by atoms with Crippen LogP contribution >= 0.6 is 0 Å². The first-order chi connectivity index (χ1) is 28.8. The lowest BCUT2D eigenvalue weighted by atomic mass is 9.87. The van der Waals surface area contributed by atoms with Crippen molar-refractivity contribution in [1.82, 2.24) is 34.6 Å². The molecule has 2 N–H and O–H groups in total. The van der Waals surface area contributed by atoms with E-state index in [1.54, 1.807) is 48.8 Å². The Hall–Kier alpha value is -6.30. The third-order valence-electron chi connectivity index (χ3n) is 12.2. The Morgan fingerprint density at radius 3 is 2.45 bits per heavy atom. The molecule has 0 bridgehead atoms. The lowest BCUT2D eigenvalue weighted by Gasteiger charge is -2.50. The fourth-order valence-corrected chi connectivity index (χ4v) is 9.27. The first-order valence-corrected chi connectivity index (χ1v) is 20.2. The number of imide groups is 2. The predicted molar refractivity (Wildman–Crippen MR) is 211 cm³/mol. The molecule has 1 saturated carbocycles. The summed E-state index contributed by atoms with van der Waals surface area (Å²) in [6, 6.07) is 8.60. The highest BCUT2D eigenvalue weighted by Gasteiger charge is 2.46. The number of nitrogens with zero attached hydrogens (tertiary/aromatic N) is 7. The van der Waals surface area contributed by atoms with Crippen molar-refractivity contribution in [1.29, 1.82) is 0 Å². The Kier molecular flexibility index (Phi) is 10.0. The van der Waals surface area contributed by atoms with Crippen LogP contribution in [-0.2, 0) is 16.1 Å². The van der Waals surface area contributed by atoms with Crippen molar-refractivity contribution >= 4 is 52.5 Å². The normalized spacial score (nSPS) is 21.9. The number of anilines is 2. The molecule has 60 heavy (non-hydrogen) atoms. The maximum Gasteiger partial charge on any atom is 0.262 e. The van der Waals surface area contributed by atoms with Gasteiger partial charge < -0.3 is 19.9 Å². The SMILES string of the molecule is CC(C)Oc1cc2c(cc1NC(=O)c1cnn3cccnc13)CN(C1CCC(N(CC(F)F)C3CN(c4ccc5c(c4)C(=O)N(C4CCC(=O)NC4=O)C5=O)C3)CC1)C2=O. The molecule has 0 radical (unpaired) electrons. The molecular formula is C42H43F2N9O7. The molecule has 6 amide bonds. The van der Waals surface area contributed by atoms with Gasteiger partial charge >= 0.3 is 0 Å². The number of piperidine rings is 1. The Morgan fingerprint density at radius 2 is 1.72 bits per heavy atom. The molecule has 9 rings (SSSR count). The summed E-state index contributed by atoms with van der Waals surface area (Å²) in [5.41, 5.74) is 3.37. The molecule has 2 saturated heterocycles. The fraction of sp³-hybridized carbons (Fsp3) is 0.429. The van der Waals surface area contributed by atoms with E-state index in [1.807, 2.05) is 28.5 Å². The number of ether oxygens (including phenoxy) is 1. The standard InChI is InChI=1S/C42H43F2N9O7/c1-22(2)60-34-16-29-23(14-32(34)47-38(55)31-17-46-52-13-3-12-45-37(31)52)18-51(40(29)57)25-6-4-24(5-7-25)50(21-35(43)44)27-19-49(20-27)26-8-9-28-30(15-26)42(59)53(41(28)58)33-10-11-36(54)48-39(33)56/h3,8-9,12-17,22,24-25,27,33,35H,4-7,10-11,18-21H2,1-2H3,(H,47,55)(H,48,54,56). The van der Waals surface area contributed by atoms with Crippen LogP contribution in [0.4, 0.5) is 20.2 Å². The van der Waals surface area contributed by atoms with Gasteiger partial charge in [0, 0.05) is 67.8 Å². The molecule has 18 heteroatoms. The van der Waals surface area contributed by atoms with E-state index in [9.17, 15) is 37.5 Å². The summed E-state index contributed by atoms with van der Waals surface area (Å²) in [4.78, 5) is 88.9. The fourth-order valence-electron chi connectivity index (χ4n) is 9.27. The number of aromatic nitrogens is 3. The van der Waals surface area contributed by atoms with Crippen molar-refractivity contribution < 1.29 is 42.3 Å². The third kappa shape index (κ3) is 7.01. The maximum atomic E-state index is 14.1. The van der Waals surface area contributed by atoms with Crippen molar-refractivity contribution in [2.45, 2.75) is 95.6 Å². The minimum absolute atomic E-state index is 0.0227. The summed E-state index contributed by atoms with van der Waals surface area (Å²) >= 11 is 0. The number of carbonyl (C=O) groups excluding carboxylic acids is 6. The van der Waals surface area contributed by atoms with Gasteiger partial charge in [0.2, 0.25) is 11.8 Å². The second kappa shape index (κ2) is 15.4. The van der Waals surface area contributed by atoms with Crippen LogP contribution < -0.4 is 20.3 Å². The Labute approximate surface area is 342 Å². The molecule has 3 fully saturated rings. The first kappa shape index (κ1) is 39.2. The van der Waals surface area contributed by atoms with E-state index in [0.717, 1.165) is 10.5 Å². The monoisotopic (exact) mass is 823 g/mol. The number of alkyl halides is 2. The van der Waals surface area contributed by atoms with Gasteiger partial charge in [-0.15, -0.1) is 0 Å². The number of hydrogen-bond donors (Lipinski definition) is 2. The molecule has 16 nitrogen and oxygen atoms in total. The van der Waals surface area contributed by atoms with Crippen molar-refractivity contribution in [2.24, 2.45) is 0 Å². The van der Waals surface area contributed by atoms with Gasteiger partial charge in [-0.05, 0) is 87.9 Å². The van der Waals surface area contributed by atoms with Gasteiger partial charge in [-0.2, -0.15) is 5.10 Å². The summed E-state index contributed by atoms with van der Waals surface area (Å²) < 4.78 is 35.7. The summed E-state index contributed by atoms with van der Waals surface area (Å²) in [7, 11) is 0. The minimum Gasteiger partial charge on any atom is -0.489 e. The van der Waals surface area contributed by atoms with Crippen molar-refractivity contribution in [3.8, 4) is 5.75 Å². The number of fused-ring (bicyclic) bond motifs is 3. The Balaban J connectivity index is 0.842. The summed E-state index contributed by atoms with van der Waals surface area (Å²) in [6.45, 7) is 4.55. The molecule has 1 atom stereocenters. The van der Waals surface area contributed by atoms with Gasteiger partial charge in [-0.3, -0.25) is 43.9 Å². The minimum atomic E-state index is -2.55. The number of benzene rings is 2. The molecular weight excluding hydrogens is 781 g/mol. The van der Waals surface area contributed by atoms with Gasteiger partial charge in [0.05, 0.1) is 35.7 Å². The number of hydrogen-bond acceptors (Lipinski definition) is 11. The maximum absolute atomic E-state index is 14.1. The number of nitrogens with one attached hydrogen (secondary N) is 2. The van der Waals surface area contributed by atoms with Crippen LogP contribution in [0, 0.1) is 0 Å². The van der Waals surface area contributed by atoms with E-state index < -0.39 is 48.5 Å². The van der Waals surface area contributed by atoms with E-state index in [0.29, 0.717) is 73.7 Å². The number of halogens is 2. The zero-order chi connectivity index (χ0) is 42.0. The predicted octanol–water partition coefficient (Wildman–Crippen LogP) is 3.89. The molecule has 0 spiro atoms. The van der Waals surface area contributed by atoms with Crippen LogP contribution in [-0.4, -0.2) is 121 Å². The van der Waals surface area contributed by atoms with E-state index in [-0.39, 0.29) is 59.7 Å². The highest BCUT2D eigenvalue weighted by molar-refractivity contribution is 6.23. The van der Waals surface area contributed by atoms with Crippen LogP contribution in [0.25, 0.3) is 5.65 Å². The molecule has 6 heterocycles. The van der Waals surface area contributed by atoms with Crippen LogP contribution in [0.5, 0.6) is 5.75 Å². The van der Waals surface area contributed by atoms with Crippen LogP contribution in [0.1, 0.15) is 99.4 Å². The quantitative estimate of drug-likeness (QED) is 0.210. The number of carbonyl (C=O) groups is 6. The molecule has 2 aromatic heterocycles. The number of rotatable bonds is 11. The molecule has 1 unspecified atom stereocenters. The topological polar surface area (TPSA) is 179 Å². The lowest BCUT2D eigenvalue weighted by molar-refractivity contribution is -0.136. The second-order valence-electron chi connectivity index (χ2n) is 16.3. The van der Waals surface area contributed by atoms with Gasteiger partial charge in [0.25, 0.3) is 30.1 Å². The smallest absolute Gasteiger partial charge is 0.262 e. The summed E-state index contributed by atoms with van der Waals surface area (Å²) in [6.07, 6.45) is 4.52. The molecule has 312 valence electrons. The molecule has 1 aliphatic carbocycles. The van der Waals surface area contributed by atoms with E-state index in [4.69, 9.17) is 4.74 Å². The summed E-state index contributed by atoms with van der Waals surface area (Å²) in [5, 5.41) is 9.34. The Morgan fingerprint density at radius 1 is 0.950 bits per heavy atom. The van der Waals surface area contributed by atoms with Gasteiger partial charge in [0.1, 0.15) is 17.4 Å². The van der Waals surface area contributed by atoms with Crippen molar-refractivity contribution in [2.75, 3.05) is 29.9 Å². The van der Waals surface area contributed by atoms with Crippen LogP contribution in [0.3, 0.4) is 0 Å². The molecule has 4 aromatic rings. The van der Waals surface area contributed by atoms with Crippen LogP contribution in [0.15, 0.2) is 55.0 Å². The lowest BCUT2D eigenvalue weighted by Crippen LogP contribution is -2.63. The highest BCUT2D eigenvalue weighted by atomic mass is 19.3. The average molecular weight is 824 g/mol. The van der Waals surface area contributed by atoms with Gasteiger partial charge in [-0.25, -0.2) is 18.3 Å². The summed E-state index contributed by atoms with van der Waals surface area (Å²) in [5.74, 6) is -2.52. The zero-order valence-electron chi connectivity index (χ0n) is 33.0. The molecule has 2 aromatic carbocycles. The zero-order valence-corrected chi connectivity index (χ0v) is 33.0. The third-order valence-corrected chi connectivity index (χ3v) is 12.2. The van der Waals surface area contributed by atoms with E-state index in [1.165, 1.54) is 10.7 Å². The van der Waals surface area contributed by atoms with Crippen molar-refractivity contribution in [3.63, 3.8) is 0 Å². The number of amides is 6. The highest BCUT2D eigenvalue weighted by Crippen LogP contribution is 2.39. The molecule has 5 aliphatic rings. The van der Waals surface area contributed by atoms with Crippen LogP contribution in [0.2, 0.25) is 0 Å². The molecule has 4 aliphatic heterocycles. The van der Waals surface area contributed by atoms with Crippen molar-refractivity contribution in [3.05, 3.63) is 82.8 Å². The largest absolute Gasteiger partial charge is 0.489 e. The van der Waals surface area contributed by atoms with E-state index >= 15 is 0 Å². The van der Waals surface area contributed by atoms with Gasteiger partial charge in [-0.1, -0.05) is 0 Å². The second-order valence-corrected chi connectivity index (χ2v) is 16.3. The first-order valence-electron chi connectivity index (χ1n) is 20.2. The Bertz CT molecular complexity index is 2440. The average Bonchev–Trinajstić information content (AvgIpc) is 3.85. The van der Waals surface area contributed by atoms with Gasteiger partial charge in [0.15, 0.2) is 5.65 Å². The van der Waals surface area contributed by atoms with E-state index in [2.05, 4.69) is 20.7 Å².